The zero-order chi connectivity index (χ0) is 17.1. The second-order valence-corrected chi connectivity index (χ2v) is 5.47. The Bertz CT molecular complexity index is 856. The van der Waals surface area contributed by atoms with Crippen LogP contribution in [0, 0.1) is 0 Å². The summed E-state index contributed by atoms with van der Waals surface area (Å²) in [5, 5.41) is 4.37. The van der Waals surface area contributed by atoms with Crippen LogP contribution in [0.1, 0.15) is 10.5 Å². The predicted molar refractivity (Wildman–Crippen MR) is 94.4 cm³/mol. The highest BCUT2D eigenvalue weighted by Gasteiger charge is 2.18. The Labute approximate surface area is 141 Å². The smallest absolute Gasteiger partial charge is 0.278 e. The number of benzene rings is 2. The lowest BCUT2D eigenvalue weighted by Gasteiger charge is -2.15. The number of anilines is 1. The third-order valence-corrected chi connectivity index (χ3v) is 3.91. The van der Waals surface area contributed by atoms with Crippen molar-refractivity contribution in [3.63, 3.8) is 0 Å². The van der Waals surface area contributed by atoms with E-state index in [4.69, 9.17) is 4.74 Å². The molecule has 0 atom stereocenters. The molecule has 0 saturated heterocycles. The number of methoxy groups -OCH3 is 1. The van der Waals surface area contributed by atoms with Crippen LogP contribution < -0.4 is 9.64 Å². The lowest BCUT2D eigenvalue weighted by molar-refractivity contribution is 0.0987. The van der Waals surface area contributed by atoms with Gasteiger partial charge >= 0.3 is 0 Å². The molecule has 122 valence electrons. The van der Waals surface area contributed by atoms with Crippen LogP contribution in [-0.4, -0.2) is 29.8 Å². The van der Waals surface area contributed by atoms with Crippen molar-refractivity contribution in [1.29, 1.82) is 0 Å². The molecule has 24 heavy (non-hydrogen) atoms. The zero-order valence-electron chi connectivity index (χ0n) is 13.9. The number of aryl methyl sites for hydroxylation is 1. The predicted octanol–water partition coefficient (Wildman–Crippen LogP) is 3.37. The maximum absolute atomic E-state index is 12.7. The Hall–Kier alpha value is -3.08. The van der Waals surface area contributed by atoms with Gasteiger partial charge in [-0.15, -0.1) is 0 Å². The summed E-state index contributed by atoms with van der Waals surface area (Å²) in [6, 6.07) is 19.0. The minimum atomic E-state index is -0.147. The number of ether oxygens (including phenoxy) is 1. The molecule has 2 aromatic carbocycles. The summed E-state index contributed by atoms with van der Waals surface area (Å²) in [5.41, 5.74) is 3.04. The van der Waals surface area contributed by atoms with Gasteiger partial charge in [0.2, 0.25) is 0 Å². The van der Waals surface area contributed by atoms with Gasteiger partial charge in [-0.05, 0) is 30.3 Å². The highest BCUT2D eigenvalue weighted by atomic mass is 16.5. The Balaban J connectivity index is 1.92. The number of carbonyl (C=O) groups is 1. The highest BCUT2D eigenvalue weighted by Crippen LogP contribution is 2.25. The van der Waals surface area contributed by atoms with Crippen molar-refractivity contribution in [1.82, 2.24) is 9.78 Å². The van der Waals surface area contributed by atoms with Crippen LogP contribution in [0.25, 0.3) is 11.3 Å². The summed E-state index contributed by atoms with van der Waals surface area (Å²) < 4.78 is 6.97. The van der Waals surface area contributed by atoms with Crippen LogP contribution in [0.2, 0.25) is 0 Å². The van der Waals surface area contributed by atoms with Crippen molar-refractivity contribution in [2.75, 3.05) is 19.1 Å². The van der Waals surface area contributed by atoms with Gasteiger partial charge in [0.1, 0.15) is 5.75 Å². The summed E-state index contributed by atoms with van der Waals surface area (Å²) in [6.45, 7) is 0. The molecule has 1 aromatic heterocycles. The number of aromatic nitrogens is 2. The Morgan fingerprint density at radius 3 is 2.54 bits per heavy atom. The largest absolute Gasteiger partial charge is 0.497 e. The molecule has 0 aliphatic carbocycles. The second kappa shape index (κ2) is 6.58. The van der Waals surface area contributed by atoms with E-state index in [9.17, 15) is 4.79 Å². The van der Waals surface area contributed by atoms with Crippen molar-refractivity contribution in [2.45, 2.75) is 0 Å². The maximum atomic E-state index is 12.7. The van der Waals surface area contributed by atoms with Gasteiger partial charge in [-0.3, -0.25) is 9.48 Å². The number of hydrogen-bond donors (Lipinski definition) is 0. The van der Waals surface area contributed by atoms with E-state index >= 15 is 0 Å². The molecular weight excluding hydrogens is 302 g/mol. The van der Waals surface area contributed by atoms with E-state index in [2.05, 4.69) is 5.10 Å². The van der Waals surface area contributed by atoms with Gasteiger partial charge in [0, 0.05) is 25.3 Å². The number of rotatable bonds is 4. The van der Waals surface area contributed by atoms with E-state index in [0.717, 1.165) is 22.7 Å². The standard InChI is InChI=1S/C19H19N3O2/c1-21(15-9-5-4-6-10-15)19(23)17-13-18(22(2)20-17)14-8-7-11-16(12-14)24-3/h4-13H,1-3H3. The van der Waals surface area contributed by atoms with Gasteiger partial charge in [0.25, 0.3) is 5.91 Å². The lowest BCUT2D eigenvalue weighted by Crippen LogP contribution is -2.26. The van der Waals surface area contributed by atoms with Crippen molar-refractivity contribution in [2.24, 2.45) is 7.05 Å². The molecule has 0 radical (unpaired) electrons. The molecule has 0 fully saturated rings. The van der Waals surface area contributed by atoms with Crippen molar-refractivity contribution < 1.29 is 9.53 Å². The van der Waals surface area contributed by atoms with Crippen LogP contribution in [0.5, 0.6) is 5.75 Å². The van der Waals surface area contributed by atoms with Gasteiger partial charge in [-0.25, -0.2) is 0 Å². The van der Waals surface area contributed by atoms with Gasteiger partial charge in [0.05, 0.1) is 12.8 Å². The van der Waals surface area contributed by atoms with Gasteiger partial charge in [-0.2, -0.15) is 5.10 Å². The monoisotopic (exact) mass is 321 g/mol. The summed E-state index contributed by atoms with van der Waals surface area (Å²) in [5.74, 6) is 0.619. The lowest BCUT2D eigenvalue weighted by atomic mass is 10.1. The van der Waals surface area contributed by atoms with Crippen molar-refractivity contribution in [3.05, 3.63) is 66.4 Å². The third kappa shape index (κ3) is 3.01. The first-order valence-electron chi connectivity index (χ1n) is 7.61. The molecule has 0 saturated carbocycles. The van der Waals surface area contributed by atoms with Crippen molar-refractivity contribution >= 4 is 11.6 Å². The molecule has 1 heterocycles. The van der Waals surface area contributed by atoms with Gasteiger partial charge in [0.15, 0.2) is 5.69 Å². The number of hydrogen-bond acceptors (Lipinski definition) is 3. The molecule has 5 nitrogen and oxygen atoms in total. The first-order valence-corrected chi connectivity index (χ1v) is 7.61. The fourth-order valence-electron chi connectivity index (χ4n) is 2.57. The summed E-state index contributed by atoms with van der Waals surface area (Å²) >= 11 is 0. The van der Waals surface area contributed by atoms with Crippen LogP contribution in [-0.2, 0) is 7.05 Å². The van der Waals surface area contributed by atoms with E-state index in [1.54, 1.807) is 29.8 Å². The molecule has 0 aliphatic heterocycles. The Morgan fingerprint density at radius 1 is 1.08 bits per heavy atom. The van der Waals surface area contributed by atoms with Gasteiger partial charge in [-0.1, -0.05) is 30.3 Å². The zero-order valence-corrected chi connectivity index (χ0v) is 13.9. The molecule has 0 bridgehead atoms. The van der Waals surface area contributed by atoms with E-state index in [-0.39, 0.29) is 5.91 Å². The minimum absolute atomic E-state index is 0.147. The molecule has 1 amide bonds. The average molecular weight is 321 g/mol. The fourth-order valence-corrected chi connectivity index (χ4v) is 2.57. The molecule has 0 spiro atoms. The molecule has 5 heteroatoms. The van der Waals surface area contributed by atoms with Crippen LogP contribution >= 0.6 is 0 Å². The summed E-state index contributed by atoms with van der Waals surface area (Å²) in [6.07, 6.45) is 0. The van der Waals surface area contributed by atoms with Crippen LogP contribution in [0.4, 0.5) is 5.69 Å². The summed E-state index contributed by atoms with van der Waals surface area (Å²) in [7, 11) is 5.21. The fraction of sp³-hybridized carbons (Fsp3) is 0.158. The SMILES string of the molecule is COc1cccc(-c2cc(C(=O)N(C)c3ccccc3)nn2C)c1. The number of amides is 1. The minimum Gasteiger partial charge on any atom is -0.497 e. The number of nitrogens with zero attached hydrogens (tertiary/aromatic N) is 3. The van der Waals surface area contributed by atoms with Gasteiger partial charge < -0.3 is 9.64 Å². The average Bonchev–Trinajstić information content (AvgIpc) is 3.03. The van der Waals surface area contributed by atoms with E-state index in [1.807, 2.05) is 61.6 Å². The van der Waals surface area contributed by atoms with E-state index in [0.29, 0.717) is 5.69 Å². The summed E-state index contributed by atoms with van der Waals surface area (Å²) in [4.78, 5) is 14.3. The van der Waals surface area contributed by atoms with E-state index < -0.39 is 0 Å². The maximum Gasteiger partial charge on any atom is 0.278 e. The molecular formula is C19H19N3O2. The third-order valence-electron chi connectivity index (χ3n) is 3.91. The normalized spacial score (nSPS) is 10.5. The number of para-hydroxylation sites is 1. The van der Waals surface area contributed by atoms with E-state index in [1.165, 1.54) is 0 Å². The van der Waals surface area contributed by atoms with Crippen LogP contribution in [0.3, 0.4) is 0 Å². The molecule has 0 aliphatic rings. The van der Waals surface area contributed by atoms with Crippen LogP contribution in [0.15, 0.2) is 60.7 Å². The molecule has 3 aromatic rings. The number of carbonyl (C=O) groups excluding carboxylic acids is 1. The van der Waals surface area contributed by atoms with Crippen molar-refractivity contribution in [3.8, 4) is 17.0 Å². The Morgan fingerprint density at radius 2 is 1.83 bits per heavy atom. The molecule has 0 unspecified atom stereocenters. The second-order valence-electron chi connectivity index (χ2n) is 5.47. The Kier molecular flexibility index (Phi) is 4.33. The molecule has 0 N–H and O–H groups in total. The topological polar surface area (TPSA) is 47.4 Å². The first-order chi connectivity index (χ1) is 11.6. The molecule has 3 rings (SSSR count). The quantitative estimate of drug-likeness (QED) is 0.740. The highest BCUT2D eigenvalue weighted by molar-refractivity contribution is 6.04. The first kappa shape index (κ1) is 15.8.